The molecule has 0 saturated heterocycles. The number of rotatable bonds is 4. The summed E-state index contributed by atoms with van der Waals surface area (Å²) in [4.78, 5) is 26.2. The number of amides is 1. The van der Waals surface area contributed by atoms with Gasteiger partial charge in [-0.2, -0.15) is 0 Å². The van der Waals surface area contributed by atoms with Gasteiger partial charge in [-0.1, -0.05) is 18.9 Å². The minimum atomic E-state index is -1.18. The molecular weight excluding hydrogens is 372 g/mol. The molecular formula is C20H21F2NO3S. The molecule has 0 unspecified atom stereocenters. The van der Waals surface area contributed by atoms with E-state index in [2.05, 4.69) is 5.32 Å². The first kappa shape index (κ1) is 19.5. The van der Waals surface area contributed by atoms with Gasteiger partial charge in [0.05, 0.1) is 0 Å². The Labute approximate surface area is 160 Å². The van der Waals surface area contributed by atoms with Gasteiger partial charge in [0.15, 0.2) is 6.10 Å². The van der Waals surface area contributed by atoms with E-state index in [0.29, 0.717) is 4.88 Å². The van der Waals surface area contributed by atoms with Crippen LogP contribution in [-0.4, -0.2) is 18.0 Å². The van der Waals surface area contributed by atoms with E-state index in [1.807, 2.05) is 6.07 Å². The first-order chi connectivity index (χ1) is 13.0. The molecule has 1 N–H and O–H groups in total. The van der Waals surface area contributed by atoms with Crippen LogP contribution < -0.4 is 5.32 Å². The third-order valence-electron chi connectivity index (χ3n) is 4.56. The predicted molar refractivity (Wildman–Crippen MR) is 100 cm³/mol. The van der Waals surface area contributed by atoms with Crippen LogP contribution in [0.3, 0.4) is 0 Å². The Morgan fingerprint density at radius 2 is 1.78 bits per heavy atom. The molecule has 27 heavy (non-hydrogen) atoms. The van der Waals surface area contributed by atoms with Crippen LogP contribution >= 0.6 is 11.3 Å². The molecule has 0 bridgehead atoms. The van der Waals surface area contributed by atoms with Gasteiger partial charge in [0.25, 0.3) is 5.91 Å². The first-order valence-electron chi connectivity index (χ1n) is 9.03. The number of fused-ring (bicyclic) bond motifs is 1. The summed E-state index contributed by atoms with van der Waals surface area (Å²) in [5.41, 5.74) is 0.627. The molecule has 0 saturated carbocycles. The van der Waals surface area contributed by atoms with Gasteiger partial charge in [-0.05, 0) is 56.4 Å². The maximum Gasteiger partial charge on any atom is 0.349 e. The van der Waals surface area contributed by atoms with Gasteiger partial charge >= 0.3 is 5.97 Å². The van der Waals surface area contributed by atoms with Gasteiger partial charge in [-0.25, -0.2) is 13.6 Å². The highest BCUT2D eigenvalue weighted by atomic mass is 32.1. The molecule has 4 nitrogen and oxygen atoms in total. The van der Waals surface area contributed by atoms with E-state index < -0.39 is 35.3 Å². The molecule has 2 aromatic rings. The number of nitrogens with one attached hydrogen (secondary N) is 1. The fourth-order valence-electron chi connectivity index (χ4n) is 3.06. The number of halogens is 2. The van der Waals surface area contributed by atoms with Gasteiger partial charge < -0.3 is 10.1 Å². The molecule has 3 rings (SSSR count). The van der Waals surface area contributed by atoms with Gasteiger partial charge in [0, 0.05) is 4.88 Å². The van der Waals surface area contributed by atoms with Crippen molar-refractivity contribution in [3.8, 4) is 0 Å². The fraction of sp³-hybridized carbons (Fsp3) is 0.400. The number of ether oxygens (including phenoxy) is 1. The molecule has 1 aliphatic carbocycles. The third kappa shape index (κ3) is 4.71. The standard InChI is InChI=1S/C20H21F2NO3S/c1-12(19(24)23-18-14(21)8-6-9-15(18)22)26-20(25)17-11-13-7-4-2-3-5-10-16(13)27-17/h6,8-9,11-12H,2-5,7,10H2,1H3,(H,23,24)/t12-/m0/s1. The van der Waals surface area contributed by atoms with Crippen LogP contribution in [-0.2, 0) is 22.4 Å². The average Bonchev–Trinajstić information content (AvgIpc) is 3.00. The molecule has 1 aromatic heterocycles. The molecule has 0 spiro atoms. The van der Waals surface area contributed by atoms with E-state index in [4.69, 9.17) is 4.74 Å². The maximum atomic E-state index is 13.6. The average molecular weight is 393 g/mol. The van der Waals surface area contributed by atoms with Crippen molar-refractivity contribution in [2.45, 2.75) is 51.6 Å². The minimum absolute atomic E-state index is 0.457. The zero-order valence-electron chi connectivity index (χ0n) is 15.0. The number of carbonyl (C=O) groups is 2. The van der Waals surface area contributed by atoms with Crippen LogP contribution in [0.2, 0.25) is 0 Å². The quantitative estimate of drug-likeness (QED) is 0.754. The Hall–Kier alpha value is -2.28. The summed E-state index contributed by atoms with van der Waals surface area (Å²) in [5, 5.41) is 2.14. The van der Waals surface area contributed by atoms with E-state index >= 15 is 0 Å². The Morgan fingerprint density at radius 3 is 2.48 bits per heavy atom. The monoisotopic (exact) mass is 393 g/mol. The second kappa shape index (κ2) is 8.61. The molecule has 1 aromatic carbocycles. The van der Waals surface area contributed by atoms with E-state index in [1.54, 1.807) is 0 Å². The fourth-order valence-corrected chi connectivity index (χ4v) is 4.20. The van der Waals surface area contributed by atoms with Gasteiger partial charge in [0.1, 0.15) is 22.2 Å². The molecule has 0 radical (unpaired) electrons. The van der Waals surface area contributed by atoms with E-state index in [9.17, 15) is 18.4 Å². The van der Waals surface area contributed by atoms with Crippen molar-refractivity contribution in [1.29, 1.82) is 0 Å². The lowest BCUT2D eigenvalue weighted by Crippen LogP contribution is -2.30. The highest BCUT2D eigenvalue weighted by Crippen LogP contribution is 2.29. The Bertz CT molecular complexity index is 804. The second-order valence-corrected chi connectivity index (χ2v) is 7.74. The number of esters is 1. The normalized spacial score (nSPS) is 15.2. The number of aryl methyl sites for hydroxylation is 2. The summed E-state index contributed by atoms with van der Waals surface area (Å²) in [6, 6.07) is 5.12. The molecule has 144 valence electrons. The van der Waals surface area contributed by atoms with Crippen molar-refractivity contribution < 1.29 is 23.1 Å². The van der Waals surface area contributed by atoms with Crippen LogP contribution in [0.5, 0.6) is 0 Å². The van der Waals surface area contributed by atoms with Crippen molar-refractivity contribution in [2.24, 2.45) is 0 Å². The number of hydrogen-bond acceptors (Lipinski definition) is 4. The topological polar surface area (TPSA) is 55.4 Å². The minimum Gasteiger partial charge on any atom is -0.448 e. The number of anilines is 1. The zero-order chi connectivity index (χ0) is 19.4. The molecule has 7 heteroatoms. The molecule has 0 fully saturated rings. The van der Waals surface area contributed by atoms with Crippen LogP contribution in [0.15, 0.2) is 24.3 Å². The zero-order valence-corrected chi connectivity index (χ0v) is 15.8. The largest absolute Gasteiger partial charge is 0.448 e. The summed E-state index contributed by atoms with van der Waals surface area (Å²) in [6.07, 6.45) is 5.32. The Balaban J connectivity index is 1.65. The Morgan fingerprint density at radius 1 is 1.11 bits per heavy atom. The smallest absolute Gasteiger partial charge is 0.349 e. The predicted octanol–water partition coefficient (Wildman–Crippen LogP) is 4.87. The van der Waals surface area contributed by atoms with Gasteiger partial charge in [-0.3, -0.25) is 4.79 Å². The lowest BCUT2D eigenvalue weighted by atomic mass is 10.00. The number of benzene rings is 1. The summed E-state index contributed by atoms with van der Waals surface area (Å²) in [6.45, 7) is 1.37. The summed E-state index contributed by atoms with van der Waals surface area (Å²) in [7, 11) is 0. The number of thiophene rings is 1. The number of carbonyl (C=O) groups excluding carboxylic acids is 2. The highest BCUT2D eigenvalue weighted by molar-refractivity contribution is 7.14. The van der Waals surface area contributed by atoms with Crippen LogP contribution in [0.1, 0.15) is 52.7 Å². The van der Waals surface area contributed by atoms with Crippen molar-refractivity contribution >= 4 is 28.9 Å². The highest BCUT2D eigenvalue weighted by Gasteiger charge is 2.23. The molecule has 1 atom stereocenters. The van der Waals surface area contributed by atoms with E-state index in [1.165, 1.54) is 47.6 Å². The van der Waals surface area contributed by atoms with Gasteiger partial charge in [-0.15, -0.1) is 11.3 Å². The summed E-state index contributed by atoms with van der Waals surface area (Å²) in [5.74, 6) is -3.16. The lowest BCUT2D eigenvalue weighted by Gasteiger charge is -2.13. The second-order valence-electron chi connectivity index (χ2n) is 6.61. The summed E-state index contributed by atoms with van der Waals surface area (Å²) < 4.78 is 32.5. The van der Waals surface area contributed by atoms with Crippen LogP contribution in [0.25, 0.3) is 0 Å². The van der Waals surface area contributed by atoms with Crippen molar-refractivity contribution in [3.63, 3.8) is 0 Å². The lowest BCUT2D eigenvalue weighted by molar-refractivity contribution is -0.123. The van der Waals surface area contributed by atoms with Crippen LogP contribution in [0, 0.1) is 11.6 Å². The molecule has 1 heterocycles. The summed E-state index contributed by atoms with van der Waals surface area (Å²) >= 11 is 1.40. The van der Waals surface area contributed by atoms with Gasteiger partial charge in [0.2, 0.25) is 0 Å². The molecule has 1 amide bonds. The number of hydrogen-bond donors (Lipinski definition) is 1. The van der Waals surface area contributed by atoms with E-state index in [-0.39, 0.29) is 0 Å². The van der Waals surface area contributed by atoms with Crippen molar-refractivity contribution in [2.75, 3.05) is 5.32 Å². The molecule has 0 aliphatic heterocycles. The van der Waals surface area contributed by atoms with Crippen molar-refractivity contribution in [1.82, 2.24) is 0 Å². The SMILES string of the molecule is C[C@H](OC(=O)c1cc2c(s1)CCCCCC2)C(=O)Nc1c(F)cccc1F. The maximum absolute atomic E-state index is 13.6. The third-order valence-corrected chi connectivity index (χ3v) is 5.78. The van der Waals surface area contributed by atoms with E-state index in [0.717, 1.165) is 37.8 Å². The first-order valence-corrected chi connectivity index (χ1v) is 9.85. The molecule has 1 aliphatic rings. The number of para-hydroxylation sites is 1. The van der Waals surface area contributed by atoms with Crippen LogP contribution in [0.4, 0.5) is 14.5 Å². The van der Waals surface area contributed by atoms with Crippen molar-refractivity contribution in [3.05, 3.63) is 51.2 Å². The Kier molecular flexibility index (Phi) is 6.21.